The van der Waals surface area contributed by atoms with Crippen LogP contribution in [-0.2, 0) is 5.79 Å². The lowest BCUT2D eigenvalue weighted by molar-refractivity contribution is -0.106. The minimum absolute atomic E-state index is 0.186. The first kappa shape index (κ1) is 8.90. The van der Waals surface area contributed by atoms with Crippen molar-refractivity contribution >= 4 is 5.71 Å². The molecule has 0 aromatic heterocycles. The smallest absolute Gasteiger partial charge is 0.229 e. The lowest BCUT2D eigenvalue weighted by atomic mass is 10.0. The van der Waals surface area contributed by atoms with Crippen molar-refractivity contribution in [2.45, 2.75) is 12.7 Å². The third-order valence-electron chi connectivity index (χ3n) is 1.70. The van der Waals surface area contributed by atoms with Crippen LogP contribution in [0.5, 0.6) is 0 Å². The highest BCUT2D eigenvalue weighted by molar-refractivity contribution is 5.86. The van der Waals surface area contributed by atoms with Gasteiger partial charge in [0.15, 0.2) is 0 Å². The molecule has 0 aliphatic rings. The number of nitrogens with one attached hydrogen (secondary N) is 1. The van der Waals surface area contributed by atoms with Crippen LogP contribution in [-0.4, -0.2) is 15.9 Å². The number of benzene rings is 1. The molecular formula is C9H11NO2. The van der Waals surface area contributed by atoms with Crippen LogP contribution in [0.4, 0.5) is 0 Å². The lowest BCUT2D eigenvalue weighted by Crippen LogP contribution is -2.32. The summed E-state index contributed by atoms with van der Waals surface area (Å²) in [6.45, 7) is 1.35. The Morgan fingerprint density at radius 1 is 1.25 bits per heavy atom. The first-order chi connectivity index (χ1) is 5.55. The Kier molecular flexibility index (Phi) is 2.26. The van der Waals surface area contributed by atoms with Gasteiger partial charge in [0.25, 0.3) is 0 Å². The molecule has 0 spiro atoms. The first-order valence-electron chi connectivity index (χ1n) is 3.61. The molecule has 3 N–H and O–H groups in total. The predicted molar refractivity (Wildman–Crippen MR) is 46.0 cm³/mol. The van der Waals surface area contributed by atoms with Crippen LogP contribution in [0.2, 0.25) is 0 Å². The molecule has 0 atom stereocenters. The molecule has 0 bridgehead atoms. The maximum absolute atomic E-state index is 9.39. The summed E-state index contributed by atoms with van der Waals surface area (Å²) < 4.78 is 0. The van der Waals surface area contributed by atoms with Crippen molar-refractivity contribution in [3.05, 3.63) is 35.9 Å². The number of hydrogen-bond donors (Lipinski definition) is 3. The normalized spacial score (nSPS) is 11.2. The van der Waals surface area contributed by atoms with Crippen LogP contribution in [0, 0.1) is 5.41 Å². The highest BCUT2D eigenvalue weighted by atomic mass is 16.5. The van der Waals surface area contributed by atoms with E-state index in [1.807, 2.05) is 0 Å². The molecular weight excluding hydrogens is 154 g/mol. The van der Waals surface area contributed by atoms with E-state index in [1.165, 1.54) is 6.92 Å². The van der Waals surface area contributed by atoms with Crippen molar-refractivity contribution in [3.63, 3.8) is 0 Å². The molecule has 64 valence electrons. The zero-order valence-electron chi connectivity index (χ0n) is 6.78. The van der Waals surface area contributed by atoms with Gasteiger partial charge in [-0.15, -0.1) is 0 Å². The minimum Gasteiger partial charge on any atom is -0.357 e. The van der Waals surface area contributed by atoms with E-state index in [0.29, 0.717) is 5.56 Å². The van der Waals surface area contributed by atoms with Gasteiger partial charge in [-0.05, 0) is 6.92 Å². The summed E-state index contributed by atoms with van der Waals surface area (Å²) in [7, 11) is 0. The Morgan fingerprint density at radius 2 is 1.75 bits per heavy atom. The van der Waals surface area contributed by atoms with Gasteiger partial charge in [-0.3, -0.25) is 0 Å². The number of rotatable bonds is 2. The van der Waals surface area contributed by atoms with E-state index in [-0.39, 0.29) is 5.71 Å². The van der Waals surface area contributed by atoms with Crippen LogP contribution in [0.1, 0.15) is 12.5 Å². The fourth-order valence-corrected chi connectivity index (χ4v) is 0.887. The van der Waals surface area contributed by atoms with Gasteiger partial charge in [0, 0.05) is 5.56 Å². The molecule has 1 aromatic rings. The third kappa shape index (κ3) is 1.52. The summed E-state index contributed by atoms with van der Waals surface area (Å²) in [5, 5.41) is 25.9. The van der Waals surface area contributed by atoms with Gasteiger partial charge in [-0.25, -0.2) is 0 Å². The first-order valence-corrected chi connectivity index (χ1v) is 3.61. The molecule has 0 aliphatic carbocycles. The van der Waals surface area contributed by atoms with Crippen LogP contribution < -0.4 is 0 Å². The van der Waals surface area contributed by atoms with Crippen LogP contribution in [0.3, 0.4) is 0 Å². The molecule has 0 radical (unpaired) electrons. The SMILES string of the molecule is CC(=N)C(O)(O)c1ccccc1. The van der Waals surface area contributed by atoms with E-state index in [9.17, 15) is 10.2 Å². The van der Waals surface area contributed by atoms with Crippen molar-refractivity contribution in [1.82, 2.24) is 0 Å². The molecule has 0 saturated heterocycles. The Bertz CT molecular complexity index is 280. The predicted octanol–water partition coefficient (Wildman–Crippen LogP) is 0.864. The molecule has 0 amide bonds. The number of aliphatic hydroxyl groups is 2. The average Bonchev–Trinajstić information content (AvgIpc) is 2.06. The molecule has 1 rings (SSSR count). The van der Waals surface area contributed by atoms with E-state index in [2.05, 4.69) is 0 Å². The lowest BCUT2D eigenvalue weighted by Gasteiger charge is -2.20. The zero-order chi connectivity index (χ0) is 9.19. The molecule has 0 fully saturated rings. The molecule has 0 unspecified atom stereocenters. The van der Waals surface area contributed by atoms with Gasteiger partial charge in [0.1, 0.15) is 0 Å². The summed E-state index contributed by atoms with van der Waals surface area (Å²) in [6, 6.07) is 8.30. The Hall–Kier alpha value is -1.19. The van der Waals surface area contributed by atoms with Gasteiger partial charge in [-0.1, -0.05) is 30.3 Å². The summed E-state index contributed by atoms with van der Waals surface area (Å²) in [6.07, 6.45) is 0. The zero-order valence-corrected chi connectivity index (χ0v) is 6.78. The fourth-order valence-electron chi connectivity index (χ4n) is 0.887. The Labute approximate surface area is 70.8 Å². The van der Waals surface area contributed by atoms with E-state index in [1.54, 1.807) is 30.3 Å². The summed E-state index contributed by atoms with van der Waals surface area (Å²) in [5.41, 5.74) is 0.131. The van der Waals surface area contributed by atoms with Gasteiger partial charge in [0.2, 0.25) is 5.79 Å². The molecule has 12 heavy (non-hydrogen) atoms. The average molecular weight is 165 g/mol. The topological polar surface area (TPSA) is 64.3 Å². The van der Waals surface area contributed by atoms with E-state index < -0.39 is 5.79 Å². The van der Waals surface area contributed by atoms with Crippen molar-refractivity contribution < 1.29 is 10.2 Å². The second-order valence-corrected chi connectivity index (χ2v) is 2.66. The standard InChI is InChI=1S/C9H11NO2/c1-7(10)9(11,12)8-5-3-2-4-6-8/h2-6,10-12H,1H3. The molecule has 3 nitrogen and oxygen atoms in total. The van der Waals surface area contributed by atoms with Crippen molar-refractivity contribution in [1.29, 1.82) is 5.41 Å². The van der Waals surface area contributed by atoms with Gasteiger partial charge in [0.05, 0.1) is 5.71 Å². The third-order valence-corrected chi connectivity index (χ3v) is 1.70. The van der Waals surface area contributed by atoms with E-state index >= 15 is 0 Å². The van der Waals surface area contributed by atoms with Crippen molar-refractivity contribution in [2.75, 3.05) is 0 Å². The Morgan fingerprint density at radius 3 is 2.17 bits per heavy atom. The quantitative estimate of drug-likeness (QED) is 0.449. The maximum Gasteiger partial charge on any atom is 0.229 e. The van der Waals surface area contributed by atoms with E-state index in [0.717, 1.165) is 0 Å². The fraction of sp³-hybridized carbons (Fsp3) is 0.222. The van der Waals surface area contributed by atoms with Gasteiger partial charge < -0.3 is 15.6 Å². The van der Waals surface area contributed by atoms with Crippen LogP contribution in [0.15, 0.2) is 30.3 Å². The largest absolute Gasteiger partial charge is 0.357 e. The summed E-state index contributed by atoms with van der Waals surface area (Å²) in [5.74, 6) is -2.12. The summed E-state index contributed by atoms with van der Waals surface area (Å²) in [4.78, 5) is 0. The van der Waals surface area contributed by atoms with Crippen molar-refractivity contribution in [2.24, 2.45) is 0 Å². The molecule has 0 aliphatic heterocycles. The van der Waals surface area contributed by atoms with E-state index in [4.69, 9.17) is 5.41 Å². The number of hydrogen-bond acceptors (Lipinski definition) is 3. The summed E-state index contributed by atoms with van der Waals surface area (Å²) >= 11 is 0. The molecule has 0 saturated carbocycles. The highest BCUT2D eigenvalue weighted by Crippen LogP contribution is 2.17. The molecule has 1 aromatic carbocycles. The second kappa shape index (κ2) is 3.05. The molecule has 3 heteroatoms. The minimum atomic E-state index is -2.12. The molecule has 0 heterocycles. The highest BCUT2D eigenvalue weighted by Gasteiger charge is 2.27. The van der Waals surface area contributed by atoms with Crippen molar-refractivity contribution in [3.8, 4) is 0 Å². The van der Waals surface area contributed by atoms with Gasteiger partial charge >= 0.3 is 0 Å². The second-order valence-electron chi connectivity index (χ2n) is 2.66. The maximum atomic E-state index is 9.39. The van der Waals surface area contributed by atoms with Crippen LogP contribution >= 0.6 is 0 Å². The van der Waals surface area contributed by atoms with Crippen LogP contribution in [0.25, 0.3) is 0 Å². The van der Waals surface area contributed by atoms with Gasteiger partial charge in [-0.2, -0.15) is 0 Å². The monoisotopic (exact) mass is 165 g/mol. The Balaban J connectivity index is 3.06.